The summed E-state index contributed by atoms with van der Waals surface area (Å²) in [5.41, 5.74) is 0.926. The van der Waals surface area contributed by atoms with Gasteiger partial charge in [-0.05, 0) is 62.8 Å². The van der Waals surface area contributed by atoms with Crippen molar-refractivity contribution in [2.75, 3.05) is 37.6 Å². The molecule has 1 amide bonds. The van der Waals surface area contributed by atoms with Gasteiger partial charge in [0.1, 0.15) is 12.2 Å². The number of benzene rings is 1. The lowest BCUT2D eigenvalue weighted by Crippen LogP contribution is -2.47. The predicted octanol–water partition coefficient (Wildman–Crippen LogP) is 3.97. The SMILES string of the molecule is O=C(CC(F)(F)F)NC1CCC(CCN2CCN(c3cccc(F)c3)CC2)CC1. The van der Waals surface area contributed by atoms with Crippen molar-refractivity contribution in [3.8, 4) is 0 Å². The summed E-state index contributed by atoms with van der Waals surface area (Å²) in [6.07, 6.45) is -1.37. The van der Waals surface area contributed by atoms with Crippen LogP contribution in [0, 0.1) is 11.7 Å². The smallest absolute Gasteiger partial charge is 0.369 e. The predicted molar refractivity (Wildman–Crippen MR) is 104 cm³/mol. The normalized spacial score (nSPS) is 23.8. The summed E-state index contributed by atoms with van der Waals surface area (Å²) < 4.78 is 50.1. The number of alkyl halides is 3. The van der Waals surface area contributed by atoms with Gasteiger partial charge in [0.2, 0.25) is 5.91 Å². The molecule has 1 saturated carbocycles. The molecule has 0 radical (unpaired) electrons. The van der Waals surface area contributed by atoms with Crippen molar-refractivity contribution in [2.45, 2.75) is 50.7 Å². The molecule has 1 saturated heterocycles. The number of anilines is 1. The van der Waals surface area contributed by atoms with Crippen molar-refractivity contribution in [3.63, 3.8) is 0 Å². The third-order valence-electron chi connectivity index (χ3n) is 5.97. The van der Waals surface area contributed by atoms with Crippen LogP contribution in [0.2, 0.25) is 0 Å². The molecule has 4 nitrogen and oxygen atoms in total. The van der Waals surface area contributed by atoms with Crippen LogP contribution in [0.5, 0.6) is 0 Å². The third kappa shape index (κ3) is 7.17. The summed E-state index contributed by atoms with van der Waals surface area (Å²) in [4.78, 5) is 16.1. The van der Waals surface area contributed by atoms with E-state index in [9.17, 15) is 22.4 Å². The first-order valence-corrected chi connectivity index (χ1v) is 10.4. The molecule has 1 heterocycles. The number of halogens is 4. The van der Waals surface area contributed by atoms with E-state index in [1.54, 1.807) is 12.1 Å². The summed E-state index contributed by atoms with van der Waals surface area (Å²) in [5.74, 6) is -0.570. The van der Waals surface area contributed by atoms with Crippen LogP contribution in [-0.2, 0) is 4.79 Å². The molecule has 1 aliphatic carbocycles. The van der Waals surface area contributed by atoms with Gasteiger partial charge in [-0.1, -0.05) is 6.07 Å². The first-order valence-electron chi connectivity index (χ1n) is 10.4. The van der Waals surface area contributed by atoms with Gasteiger partial charge >= 0.3 is 6.18 Å². The Balaban J connectivity index is 1.32. The minimum absolute atomic E-state index is 0.129. The Bertz CT molecular complexity index is 666. The van der Waals surface area contributed by atoms with E-state index in [0.29, 0.717) is 5.92 Å². The molecule has 0 bridgehead atoms. The second-order valence-corrected chi connectivity index (χ2v) is 8.17. The summed E-state index contributed by atoms with van der Waals surface area (Å²) in [5, 5.41) is 2.52. The zero-order chi connectivity index (χ0) is 20.9. The monoisotopic (exact) mass is 415 g/mol. The molecular formula is C21H29F4N3O. The highest BCUT2D eigenvalue weighted by molar-refractivity contribution is 5.76. The Morgan fingerprint density at radius 1 is 1.07 bits per heavy atom. The lowest BCUT2D eigenvalue weighted by molar-refractivity contribution is -0.154. The van der Waals surface area contributed by atoms with Gasteiger partial charge in [0.05, 0.1) is 0 Å². The number of rotatable bonds is 6. The highest BCUT2D eigenvalue weighted by Crippen LogP contribution is 2.28. The van der Waals surface area contributed by atoms with Crippen molar-refractivity contribution >= 4 is 11.6 Å². The third-order valence-corrected chi connectivity index (χ3v) is 5.97. The van der Waals surface area contributed by atoms with Gasteiger partial charge in [-0.15, -0.1) is 0 Å². The molecule has 2 aliphatic rings. The van der Waals surface area contributed by atoms with Gasteiger partial charge in [0.25, 0.3) is 0 Å². The summed E-state index contributed by atoms with van der Waals surface area (Å²) in [6.45, 7) is 4.65. The Morgan fingerprint density at radius 2 is 1.76 bits per heavy atom. The molecular weight excluding hydrogens is 386 g/mol. The van der Waals surface area contributed by atoms with Crippen molar-refractivity contribution < 1.29 is 22.4 Å². The van der Waals surface area contributed by atoms with Crippen molar-refractivity contribution in [3.05, 3.63) is 30.1 Å². The average molecular weight is 415 g/mol. The fourth-order valence-corrected chi connectivity index (χ4v) is 4.32. The first kappa shape index (κ1) is 21.9. The van der Waals surface area contributed by atoms with Crippen LogP contribution in [0.4, 0.5) is 23.2 Å². The Labute approximate surface area is 169 Å². The molecule has 8 heteroatoms. The number of carbonyl (C=O) groups excluding carboxylic acids is 1. The summed E-state index contributed by atoms with van der Waals surface area (Å²) >= 11 is 0. The van der Waals surface area contributed by atoms with Crippen LogP contribution < -0.4 is 10.2 Å². The van der Waals surface area contributed by atoms with Gasteiger partial charge in [-0.2, -0.15) is 13.2 Å². The van der Waals surface area contributed by atoms with E-state index in [2.05, 4.69) is 15.1 Å². The van der Waals surface area contributed by atoms with Crippen molar-refractivity contribution in [1.82, 2.24) is 10.2 Å². The number of hydrogen-bond donors (Lipinski definition) is 1. The molecule has 0 unspecified atom stereocenters. The Kier molecular flexibility index (Phi) is 7.38. The van der Waals surface area contributed by atoms with E-state index >= 15 is 0 Å². The molecule has 1 N–H and O–H groups in total. The van der Waals surface area contributed by atoms with Gasteiger partial charge < -0.3 is 10.2 Å². The number of piperazine rings is 1. The molecule has 1 aromatic carbocycles. The van der Waals surface area contributed by atoms with Crippen LogP contribution in [0.25, 0.3) is 0 Å². The minimum Gasteiger partial charge on any atom is -0.369 e. The van der Waals surface area contributed by atoms with E-state index in [1.807, 2.05) is 6.07 Å². The van der Waals surface area contributed by atoms with Crippen LogP contribution in [0.1, 0.15) is 38.5 Å². The van der Waals surface area contributed by atoms with Gasteiger partial charge in [0, 0.05) is 37.9 Å². The van der Waals surface area contributed by atoms with E-state index < -0.39 is 18.5 Å². The van der Waals surface area contributed by atoms with Gasteiger partial charge in [-0.25, -0.2) is 4.39 Å². The van der Waals surface area contributed by atoms with Gasteiger partial charge in [-0.3, -0.25) is 9.69 Å². The van der Waals surface area contributed by atoms with Crippen LogP contribution in [-0.4, -0.2) is 55.7 Å². The molecule has 3 rings (SSSR count). The number of amides is 1. The standard InChI is InChI=1S/C21H29F4N3O/c22-17-2-1-3-19(14-17)28-12-10-27(11-13-28)9-8-16-4-6-18(7-5-16)26-20(29)15-21(23,24)25/h1-3,14,16,18H,4-13,15H2,(H,26,29). The van der Waals surface area contributed by atoms with E-state index in [4.69, 9.17) is 0 Å². The van der Waals surface area contributed by atoms with Crippen LogP contribution in [0.15, 0.2) is 24.3 Å². The first-order chi connectivity index (χ1) is 13.8. The molecule has 1 aliphatic heterocycles. The zero-order valence-corrected chi connectivity index (χ0v) is 16.6. The quantitative estimate of drug-likeness (QED) is 0.715. The fourth-order valence-electron chi connectivity index (χ4n) is 4.32. The maximum Gasteiger partial charge on any atom is 0.397 e. The lowest BCUT2D eigenvalue weighted by Gasteiger charge is -2.37. The highest BCUT2D eigenvalue weighted by atomic mass is 19.4. The second-order valence-electron chi connectivity index (χ2n) is 8.17. The topological polar surface area (TPSA) is 35.6 Å². The number of nitrogens with one attached hydrogen (secondary N) is 1. The summed E-state index contributed by atoms with van der Waals surface area (Å²) in [7, 11) is 0. The minimum atomic E-state index is -4.44. The van der Waals surface area contributed by atoms with Crippen LogP contribution >= 0.6 is 0 Å². The number of nitrogens with zero attached hydrogens (tertiary/aromatic N) is 2. The van der Waals surface area contributed by atoms with E-state index in [1.165, 1.54) is 6.07 Å². The van der Waals surface area contributed by atoms with Crippen molar-refractivity contribution in [2.24, 2.45) is 5.92 Å². The average Bonchev–Trinajstić information content (AvgIpc) is 2.66. The fraction of sp³-hybridized carbons (Fsp3) is 0.667. The van der Waals surface area contributed by atoms with Gasteiger partial charge in [0.15, 0.2) is 0 Å². The molecule has 162 valence electrons. The molecule has 0 aromatic heterocycles. The molecule has 1 aromatic rings. The zero-order valence-electron chi connectivity index (χ0n) is 16.6. The molecule has 29 heavy (non-hydrogen) atoms. The maximum atomic E-state index is 13.4. The number of carbonyl (C=O) groups is 1. The Morgan fingerprint density at radius 3 is 2.38 bits per heavy atom. The largest absolute Gasteiger partial charge is 0.397 e. The molecule has 2 fully saturated rings. The van der Waals surface area contributed by atoms with E-state index in [0.717, 1.165) is 70.5 Å². The maximum absolute atomic E-state index is 13.4. The highest BCUT2D eigenvalue weighted by Gasteiger charge is 2.32. The van der Waals surface area contributed by atoms with Crippen LogP contribution in [0.3, 0.4) is 0 Å². The molecule has 0 spiro atoms. The second kappa shape index (κ2) is 9.78. The number of hydrogen-bond acceptors (Lipinski definition) is 3. The Hall–Kier alpha value is -1.83. The summed E-state index contributed by atoms with van der Waals surface area (Å²) in [6, 6.07) is 6.57. The van der Waals surface area contributed by atoms with Crippen molar-refractivity contribution in [1.29, 1.82) is 0 Å². The van der Waals surface area contributed by atoms with E-state index in [-0.39, 0.29) is 11.9 Å². The lowest BCUT2D eigenvalue weighted by atomic mass is 9.84. The molecule has 0 atom stereocenters.